The lowest BCUT2D eigenvalue weighted by Gasteiger charge is -2.38. The molecule has 11 heteroatoms. The molecule has 0 spiro atoms. The van der Waals surface area contributed by atoms with Crippen LogP contribution >= 0.6 is 31.1 Å². The van der Waals surface area contributed by atoms with Gasteiger partial charge in [-0.3, -0.25) is 19.8 Å². The quantitative estimate of drug-likeness (QED) is 0.280. The van der Waals surface area contributed by atoms with Crippen LogP contribution in [0.3, 0.4) is 0 Å². The summed E-state index contributed by atoms with van der Waals surface area (Å²) in [6, 6.07) is 3.38. The fraction of sp³-hybridized carbons (Fsp3) is 0.706. The Labute approximate surface area is 176 Å². The van der Waals surface area contributed by atoms with E-state index in [4.69, 9.17) is 23.8 Å². The highest BCUT2D eigenvalue weighted by Crippen LogP contribution is 2.79. The van der Waals surface area contributed by atoms with Crippen molar-refractivity contribution in [3.63, 3.8) is 0 Å². The fourth-order valence-electron chi connectivity index (χ4n) is 2.64. The maximum atomic E-state index is 13.7. The van der Waals surface area contributed by atoms with E-state index in [1.807, 2.05) is 0 Å². The minimum absolute atomic E-state index is 0.0395. The molecule has 1 rings (SSSR count). The third kappa shape index (κ3) is 5.52. The number of hydrogen-bond donors (Lipinski definition) is 1. The van der Waals surface area contributed by atoms with Crippen LogP contribution in [0.4, 0.5) is 0 Å². The van der Waals surface area contributed by atoms with Gasteiger partial charge in [-0.05, 0) is 52.2 Å². The zero-order valence-electron chi connectivity index (χ0n) is 16.9. The molecule has 0 saturated carbocycles. The van der Waals surface area contributed by atoms with Gasteiger partial charge in [-0.1, -0.05) is 22.0 Å². The Kier molecular flexibility index (Phi) is 11.0. The molecule has 0 unspecified atom stereocenters. The smallest absolute Gasteiger partial charge is 0.307 e. The molecule has 1 aromatic heterocycles. The molecule has 162 valence electrons. The van der Waals surface area contributed by atoms with E-state index >= 15 is 0 Å². The second-order valence-electron chi connectivity index (χ2n) is 5.74. The predicted molar refractivity (Wildman–Crippen MR) is 114 cm³/mol. The van der Waals surface area contributed by atoms with E-state index in [2.05, 4.69) is 20.9 Å². The standard InChI is InChI=1S/C17H31BrN2O6P2/c1-5-23-27(21,24-6-2)17(19,28(22,25-7-3)26-8-4)16-12-11-15(14-20-16)10-9-13-18/h11-12,14H,5-10,13,19H2,1-4H3. The van der Waals surface area contributed by atoms with E-state index in [9.17, 15) is 9.13 Å². The summed E-state index contributed by atoms with van der Waals surface area (Å²) >= 11 is 3.39. The molecule has 0 amide bonds. The van der Waals surface area contributed by atoms with Crippen molar-refractivity contribution >= 4 is 31.1 Å². The molecule has 0 fully saturated rings. The summed E-state index contributed by atoms with van der Waals surface area (Å²) in [5, 5.41) is -1.34. The van der Waals surface area contributed by atoms with Gasteiger partial charge in [0.1, 0.15) is 0 Å². The van der Waals surface area contributed by atoms with E-state index in [0.717, 1.165) is 23.7 Å². The first-order valence-electron chi connectivity index (χ1n) is 9.37. The van der Waals surface area contributed by atoms with Crippen molar-refractivity contribution in [2.75, 3.05) is 31.8 Å². The van der Waals surface area contributed by atoms with Crippen molar-refractivity contribution in [2.24, 2.45) is 5.73 Å². The maximum absolute atomic E-state index is 13.7. The minimum atomic E-state index is -4.19. The predicted octanol–water partition coefficient (Wildman–Crippen LogP) is 5.01. The van der Waals surface area contributed by atoms with Gasteiger partial charge in [0, 0.05) is 11.5 Å². The van der Waals surface area contributed by atoms with Crippen molar-refractivity contribution in [3.8, 4) is 0 Å². The number of hydrogen-bond acceptors (Lipinski definition) is 8. The molecule has 0 aliphatic rings. The maximum Gasteiger partial charge on any atom is 0.369 e. The van der Waals surface area contributed by atoms with Crippen molar-refractivity contribution in [1.82, 2.24) is 4.98 Å². The largest absolute Gasteiger partial charge is 0.369 e. The molecule has 1 aromatic rings. The third-order valence-corrected chi connectivity index (χ3v) is 10.4. The van der Waals surface area contributed by atoms with Crippen LogP contribution in [-0.2, 0) is 38.7 Å². The number of aromatic nitrogens is 1. The molecule has 1 heterocycles. The van der Waals surface area contributed by atoms with Gasteiger partial charge in [0.2, 0.25) is 0 Å². The second kappa shape index (κ2) is 11.9. The van der Waals surface area contributed by atoms with Gasteiger partial charge in [-0.2, -0.15) is 0 Å². The Morgan fingerprint density at radius 3 is 1.75 bits per heavy atom. The monoisotopic (exact) mass is 500 g/mol. The summed E-state index contributed by atoms with van der Waals surface area (Å²) in [7, 11) is -8.37. The van der Waals surface area contributed by atoms with Gasteiger partial charge in [-0.25, -0.2) is 0 Å². The van der Waals surface area contributed by atoms with Gasteiger partial charge < -0.3 is 18.1 Å². The molecule has 2 N–H and O–H groups in total. The zero-order chi connectivity index (χ0) is 21.3. The van der Waals surface area contributed by atoms with E-state index in [1.54, 1.807) is 46.0 Å². The molecule has 0 bridgehead atoms. The highest BCUT2D eigenvalue weighted by Gasteiger charge is 2.65. The highest BCUT2D eigenvalue weighted by atomic mass is 79.9. The summed E-state index contributed by atoms with van der Waals surface area (Å²) in [6.45, 7) is 6.75. The van der Waals surface area contributed by atoms with Gasteiger partial charge >= 0.3 is 15.2 Å². The normalized spacial score (nSPS) is 13.1. The second-order valence-corrected chi connectivity index (χ2v) is 11.3. The molecule has 28 heavy (non-hydrogen) atoms. The van der Waals surface area contributed by atoms with Crippen LogP contribution in [0.15, 0.2) is 18.3 Å². The first-order chi connectivity index (χ1) is 13.3. The van der Waals surface area contributed by atoms with Crippen LogP contribution in [0, 0.1) is 0 Å². The van der Waals surface area contributed by atoms with Gasteiger partial charge in [0.05, 0.1) is 32.1 Å². The first kappa shape index (κ1) is 25.9. The Bertz CT molecular complexity index is 639. The summed E-state index contributed by atoms with van der Waals surface area (Å²) in [4.78, 5) is 4.36. The Hall–Kier alpha value is -0.110. The van der Waals surface area contributed by atoms with Gasteiger partial charge in [-0.15, -0.1) is 0 Å². The van der Waals surface area contributed by atoms with Gasteiger partial charge in [0.25, 0.3) is 5.02 Å². The first-order valence-corrected chi connectivity index (χ1v) is 13.6. The number of aryl methyl sites for hydroxylation is 1. The number of alkyl halides is 1. The lowest BCUT2D eigenvalue weighted by atomic mass is 10.1. The molecule has 8 nitrogen and oxygen atoms in total. The summed E-state index contributed by atoms with van der Waals surface area (Å²) in [5.41, 5.74) is 7.62. The van der Waals surface area contributed by atoms with E-state index < -0.39 is 20.2 Å². The highest BCUT2D eigenvalue weighted by molar-refractivity contribution is 9.09. The molecule has 0 atom stereocenters. The number of nitrogens with two attached hydrogens (primary N) is 1. The molecule has 0 aliphatic carbocycles. The fourth-order valence-corrected chi connectivity index (χ4v) is 7.93. The SMILES string of the molecule is CCOP(=O)(OCC)C(N)(c1ccc(CCCBr)cn1)P(=O)(OCC)OCC. The minimum Gasteiger partial charge on any atom is -0.307 e. The Morgan fingerprint density at radius 2 is 1.43 bits per heavy atom. The van der Waals surface area contributed by atoms with Crippen LogP contribution in [-0.4, -0.2) is 36.7 Å². The summed E-state index contributed by atoms with van der Waals surface area (Å²) < 4.78 is 49.3. The van der Waals surface area contributed by atoms with Crippen molar-refractivity contribution < 1.29 is 27.2 Å². The van der Waals surface area contributed by atoms with Crippen molar-refractivity contribution in [1.29, 1.82) is 0 Å². The lowest BCUT2D eigenvalue weighted by Crippen LogP contribution is -2.40. The molecular weight excluding hydrogens is 470 g/mol. The number of nitrogens with zero attached hydrogens (tertiary/aromatic N) is 1. The zero-order valence-corrected chi connectivity index (χ0v) is 20.3. The molecular formula is C17H31BrN2O6P2. The average molecular weight is 501 g/mol. The van der Waals surface area contributed by atoms with Gasteiger partial charge in [0.15, 0.2) is 0 Å². The van der Waals surface area contributed by atoms with Crippen LogP contribution in [0.25, 0.3) is 0 Å². The summed E-state index contributed by atoms with van der Waals surface area (Å²) in [6.07, 6.45) is 3.35. The molecule has 0 saturated heterocycles. The lowest BCUT2D eigenvalue weighted by molar-refractivity contribution is 0.176. The topological polar surface area (TPSA) is 110 Å². The number of pyridine rings is 1. The van der Waals surface area contributed by atoms with Crippen LogP contribution in [0.5, 0.6) is 0 Å². The third-order valence-electron chi connectivity index (χ3n) is 3.83. The van der Waals surface area contributed by atoms with E-state index in [-0.39, 0.29) is 32.1 Å². The van der Waals surface area contributed by atoms with Crippen molar-refractivity contribution in [3.05, 3.63) is 29.6 Å². The number of halogens is 1. The molecule has 0 aliphatic heterocycles. The number of rotatable bonds is 14. The van der Waals surface area contributed by atoms with E-state index in [0.29, 0.717) is 0 Å². The van der Waals surface area contributed by atoms with E-state index in [1.165, 1.54) is 0 Å². The Morgan fingerprint density at radius 1 is 0.964 bits per heavy atom. The average Bonchev–Trinajstić information content (AvgIpc) is 2.66. The van der Waals surface area contributed by atoms with Crippen LogP contribution < -0.4 is 5.73 Å². The molecule has 0 aromatic carbocycles. The summed E-state index contributed by atoms with van der Waals surface area (Å²) in [5.74, 6) is 0. The van der Waals surface area contributed by atoms with Crippen molar-refractivity contribution in [2.45, 2.75) is 45.6 Å². The Balaban J connectivity index is 3.62. The molecule has 0 radical (unpaired) electrons. The van der Waals surface area contributed by atoms with Crippen LogP contribution in [0.2, 0.25) is 0 Å². The van der Waals surface area contributed by atoms with Crippen LogP contribution in [0.1, 0.15) is 45.4 Å².